The Balaban J connectivity index is 3.19. The number of hydrogen-bond acceptors (Lipinski definition) is 3. The van der Waals surface area contributed by atoms with Gasteiger partial charge in [0.2, 0.25) is 10.0 Å². The molecule has 0 radical (unpaired) electrons. The van der Waals surface area contributed by atoms with Crippen LogP contribution in [0.1, 0.15) is 19.4 Å². The predicted molar refractivity (Wildman–Crippen MR) is 70.9 cm³/mol. The van der Waals surface area contributed by atoms with E-state index in [9.17, 15) is 13.2 Å². The average Bonchev–Trinajstić information content (AvgIpc) is 2.14. The number of hydrogen-bond donors (Lipinski definition) is 2. The van der Waals surface area contributed by atoms with Crippen LogP contribution in [-0.4, -0.2) is 25.0 Å². The minimum Gasteiger partial charge on any atom is -0.480 e. The van der Waals surface area contributed by atoms with Crippen LogP contribution in [-0.2, 0) is 14.8 Å². The number of aliphatic carboxylic acids is 1. The van der Waals surface area contributed by atoms with Gasteiger partial charge in [0, 0.05) is 4.47 Å². The van der Waals surface area contributed by atoms with Gasteiger partial charge in [-0.25, -0.2) is 8.42 Å². The minimum absolute atomic E-state index is 0.0695. The summed E-state index contributed by atoms with van der Waals surface area (Å²) in [6.07, 6.45) is 0. The van der Waals surface area contributed by atoms with Gasteiger partial charge in [0.05, 0.1) is 4.90 Å². The van der Waals surface area contributed by atoms with Gasteiger partial charge in [-0.1, -0.05) is 15.9 Å². The second-order valence-electron chi connectivity index (χ2n) is 4.45. The summed E-state index contributed by atoms with van der Waals surface area (Å²) in [4.78, 5) is 11.0. The maximum atomic E-state index is 12.1. The second kappa shape index (κ2) is 4.99. The van der Waals surface area contributed by atoms with E-state index in [0.717, 1.165) is 4.47 Å². The van der Waals surface area contributed by atoms with Crippen molar-refractivity contribution in [3.8, 4) is 0 Å². The fraction of sp³-hybridized carbons (Fsp3) is 0.364. The largest absolute Gasteiger partial charge is 0.480 e. The molecule has 0 aromatic heterocycles. The minimum atomic E-state index is -3.86. The number of aryl methyl sites for hydroxylation is 1. The van der Waals surface area contributed by atoms with Crippen molar-refractivity contribution in [3.63, 3.8) is 0 Å². The Hall–Kier alpha value is -0.920. The number of carboxylic acid groups (broad SMARTS) is 1. The molecule has 2 N–H and O–H groups in total. The molecule has 0 atom stereocenters. The lowest BCUT2D eigenvalue weighted by molar-refractivity contribution is -0.142. The van der Waals surface area contributed by atoms with E-state index in [4.69, 9.17) is 5.11 Å². The molecule has 0 aliphatic carbocycles. The molecule has 0 heterocycles. The molecule has 18 heavy (non-hydrogen) atoms. The summed E-state index contributed by atoms with van der Waals surface area (Å²) in [6.45, 7) is 4.23. The van der Waals surface area contributed by atoms with Crippen LogP contribution >= 0.6 is 15.9 Å². The SMILES string of the molecule is Cc1cc(Br)ccc1S(=O)(=O)NC(C)(C)C(=O)O. The molecule has 0 aliphatic heterocycles. The molecule has 0 bridgehead atoms. The van der Waals surface area contributed by atoms with Crippen molar-refractivity contribution in [1.82, 2.24) is 4.72 Å². The number of benzene rings is 1. The number of carboxylic acids is 1. The zero-order valence-corrected chi connectivity index (χ0v) is 12.6. The third-order valence-electron chi connectivity index (χ3n) is 2.35. The molecule has 0 unspecified atom stereocenters. The number of sulfonamides is 1. The van der Waals surface area contributed by atoms with Gasteiger partial charge >= 0.3 is 5.97 Å². The molecule has 1 aromatic rings. The summed E-state index contributed by atoms with van der Waals surface area (Å²) in [5.74, 6) is -1.24. The molecule has 0 amide bonds. The maximum Gasteiger partial charge on any atom is 0.324 e. The fourth-order valence-corrected chi connectivity index (χ4v) is 3.42. The van der Waals surface area contributed by atoms with Gasteiger partial charge in [-0.3, -0.25) is 4.79 Å². The van der Waals surface area contributed by atoms with Crippen LogP contribution in [0.15, 0.2) is 27.6 Å². The van der Waals surface area contributed by atoms with Crippen molar-refractivity contribution in [2.45, 2.75) is 31.2 Å². The molecule has 5 nitrogen and oxygen atoms in total. The highest BCUT2D eigenvalue weighted by atomic mass is 79.9. The second-order valence-corrected chi connectivity index (χ2v) is 7.01. The third-order valence-corrected chi connectivity index (χ3v) is 4.66. The van der Waals surface area contributed by atoms with E-state index in [1.165, 1.54) is 19.9 Å². The first-order valence-electron chi connectivity index (χ1n) is 5.10. The van der Waals surface area contributed by atoms with E-state index in [1.54, 1.807) is 19.1 Å². The van der Waals surface area contributed by atoms with Crippen molar-refractivity contribution < 1.29 is 18.3 Å². The van der Waals surface area contributed by atoms with E-state index >= 15 is 0 Å². The van der Waals surface area contributed by atoms with Crippen molar-refractivity contribution in [3.05, 3.63) is 28.2 Å². The van der Waals surface area contributed by atoms with Crippen LogP contribution in [0, 0.1) is 6.92 Å². The molecular formula is C11H14BrNO4S. The van der Waals surface area contributed by atoms with Crippen molar-refractivity contribution in [2.24, 2.45) is 0 Å². The summed E-state index contributed by atoms with van der Waals surface area (Å²) in [6, 6.07) is 4.68. The normalized spacial score (nSPS) is 12.4. The van der Waals surface area contributed by atoms with Crippen LogP contribution in [0.4, 0.5) is 0 Å². The smallest absolute Gasteiger partial charge is 0.324 e. The summed E-state index contributed by atoms with van der Waals surface area (Å²) in [5, 5.41) is 8.93. The molecule has 1 rings (SSSR count). The van der Waals surface area contributed by atoms with Crippen LogP contribution in [0.3, 0.4) is 0 Å². The summed E-state index contributed by atoms with van der Waals surface area (Å²) < 4.78 is 27.1. The van der Waals surface area contributed by atoms with E-state index < -0.39 is 21.5 Å². The molecule has 7 heteroatoms. The number of carbonyl (C=O) groups is 1. The fourth-order valence-electron chi connectivity index (χ4n) is 1.35. The Bertz CT molecular complexity index is 581. The first-order valence-corrected chi connectivity index (χ1v) is 7.37. The first-order chi connectivity index (χ1) is 8.06. The average molecular weight is 336 g/mol. The molecular weight excluding hydrogens is 322 g/mol. The summed E-state index contributed by atoms with van der Waals surface area (Å²) in [5.41, 5.74) is -1.02. The Kier molecular flexibility index (Phi) is 4.19. The first kappa shape index (κ1) is 15.1. The van der Waals surface area contributed by atoms with Gasteiger partial charge in [0.15, 0.2) is 0 Å². The van der Waals surface area contributed by atoms with Gasteiger partial charge in [-0.15, -0.1) is 0 Å². The van der Waals surface area contributed by atoms with Crippen molar-refractivity contribution in [2.75, 3.05) is 0 Å². The van der Waals surface area contributed by atoms with Gasteiger partial charge in [0.25, 0.3) is 0 Å². The number of rotatable bonds is 4. The van der Waals surface area contributed by atoms with Crippen LogP contribution < -0.4 is 4.72 Å². The summed E-state index contributed by atoms with van der Waals surface area (Å²) >= 11 is 3.24. The topological polar surface area (TPSA) is 83.5 Å². The Labute approximate surface area is 114 Å². The van der Waals surface area contributed by atoms with E-state index in [1.807, 2.05) is 0 Å². The molecule has 0 spiro atoms. The van der Waals surface area contributed by atoms with E-state index in [0.29, 0.717) is 5.56 Å². The zero-order chi connectivity index (χ0) is 14.1. The van der Waals surface area contributed by atoms with Gasteiger partial charge in [-0.2, -0.15) is 4.72 Å². The van der Waals surface area contributed by atoms with Crippen LogP contribution in [0.25, 0.3) is 0 Å². The quantitative estimate of drug-likeness (QED) is 0.880. The van der Waals surface area contributed by atoms with Crippen molar-refractivity contribution >= 4 is 31.9 Å². The van der Waals surface area contributed by atoms with Crippen molar-refractivity contribution in [1.29, 1.82) is 0 Å². The Morgan fingerprint density at radius 2 is 1.94 bits per heavy atom. The third kappa shape index (κ3) is 3.30. The van der Waals surface area contributed by atoms with Gasteiger partial charge in [-0.05, 0) is 44.5 Å². The lowest BCUT2D eigenvalue weighted by atomic mass is 10.1. The number of halogens is 1. The molecule has 0 saturated carbocycles. The maximum absolute atomic E-state index is 12.1. The Morgan fingerprint density at radius 3 is 2.39 bits per heavy atom. The highest BCUT2D eigenvalue weighted by Gasteiger charge is 2.33. The standard InChI is InChI=1S/C11H14BrNO4S/c1-7-6-8(12)4-5-9(7)18(16,17)13-11(2,3)10(14)15/h4-6,13H,1-3H3,(H,14,15). The monoisotopic (exact) mass is 335 g/mol. The lowest BCUT2D eigenvalue weighted by Gasteiger charge is -2.21. The van der Waals surface area contributed by atoms with Crippen LogP contribution in [0.2, 0.25) is 0 Å². The number of nitrogens with one attached hydrogen (secondary N) is 1. The summed E-state index contributed by atoms with van der Waals surface area (Å²) in [7, 11) is -3.86. The van der Waals surface area contributed by atoms with Gasteiger partial charge < -0.3 is 5.11 Å². The van der Waals surface area contributed by atoms with E-state index in [2.05, 4.69) is 20.7 Å². The Morgan fingerprint density at radius 1 is 1.39 bits per heavy atom. The highest BCUT2D eigenvalue weighted by molar-refractivity contribution is 9.10. The predicted octanol–water partition coefficient (Wildman–Crippen LogP) is 1.90. The highest BCUT2D eigenvalue weighted by Crippen LogP contribution is 2.21. The molecule has 0 aliphatic rings. The molecule has 1 aromatic carbocycles. The molecule has 100 valence electrons. The zero-order valence-electron chi connectivity index (χ0n) is 10.2. The molecule has 0 fully saturated rings. The lowest BCUT2D eigenvalue weighted by Crippen LogP contribution is -2.49. The van der Waals surface area contributed by atoms with E-state index in [-0.39, 0.29) is 4.90 Å². The van der Waals surface area contributed by atoms with Gasteiger partial charge in [0.1, 0.15) is 5.54 Å². The molecule has 0 saturated heterocycles. The van der Waals surface area contributed by atoms with Crippen LogP contribution in [0.5, 0.6) is 0 Å².